The van der Waals surface area contributed by atoms with Crippen LogP contribution in [0.3, 0.4) is 0 Å². The Hall–Kier alpha value is -4.16. The van der Waals surface area contributed by atoms with E-state index in [9.17, 15) is 48.6 Å². The second kappa shape index (κ2) is 26.7. The summed E-state index contributed by atoms with van der Waals surface area (Å²) in [6, 6.07) is -6.22. The summed E-state index contributed by atoms with van der Waals surface area (Å²) in [5.41, 5.74) is 5.40. The van der Waals surface area contributed by atoms with Crippen molar-refractivity contribution < 1.29 is 48.6 Å². The van der Waals surface area contributed by atoms with Crippen molar-refractivity contribution in [1.82, 2.24) is 37.2 Å². The molecule has 18 nitrogen and oxygen atoms in total. The molecule has 9 atom stereocenters. The standard InChI is InChI=1S/C39H72N8O10/c1-20(2)16-27(30(50)15-13-12-14-23(7)35(53)43-24(8)36(54)45-28(34(40)52)17-21(3)4)44-31(51)19-42-38(56)32(25(9)48)47-39(57)33(26(10)49)46-37(55)29(41-11)18-22(5)6/h20-29,32-33,41,48-49H,12-19H2,1-11H3,(H2,40,52)(H,42,56)(H,43,53)(H,44,51)(H,45,54)(H,46,55)(H,47,57). The number of nitrogens with two attached hydrogens (primary N) is 1. The predicted molar refractivity (Wildman–Crippen MR) is 215 cm³/mol. The van der Waals surface area contributed by atoms with Crippen molar-refractivity contribution in [3.05, 3.63) is 0 Å². The second-order valence-corrected chi connectivity index (χ2v) is 16.3. The minimum absolute atomic E-state index is 0.0336. The van der Waals surface area contributed by atoms with Gasteiger partial charge >= 0.3 is 0 Å². The molecule has 0 rings (SSSR count). The summed E-state index contributed by atoms with van der Waals surface area (Å²) in [6.07, 6.45) is -0.119. The van der Waals surface area contributed by atoms with E-state index < -0.39 is 96.4 Å². The molecule has 0 aromatic heterocycles. The Balaban J connectivity index is 5.19. The van der Waals surface area contributed by atoms with Gasteiger partial charge in [-0.1, -0.05) is 54.9 Å². The summed E-state index contributed by atoms with van der Waals surface area (Å²) in [5.74, 6) is -4.96. The van der Waals surface area contributed by atoms with E-state index in [1.165, 1.54) is 20.8 Å². The normalized spacial score (nSPS) is 16.2. The van der Waals surface area contributed by atoms with Crippen molar-refractivity contribution in [2.75, 3.05) is 13.6 Å². The number of carbonyl (C=O) groups excluding carboxylic acids is 8. The molecule has 9 unspecified atom stereocenters. The number of Topliss-reactive ketones (excluding diaryl/α,β-unsaturated/α-hetero) is 1. The number of unbranched alkanes of at least 4 members (excludes halogenated alkanes) is 1. The lowest BCUT2D eigenvalue weighted by Gasteiger charge is -2.27. The van der Waals surface area contributed by atoms with Gasteiger partial charge in [-0.2, -0.15) is 0 Å². The Morgan fingerprint density at radius 3 is 1.53 bits per heavy atom. The molecule has 0 spiro atoms. The van der Waals surface area contributed by atoms with Gasteiger partial charge in [-0.3, -0.25) is 38.4 Å². The summed E-state index contributed by atoms with van der Waals surface area (Å²) < 4.78 is 0. The van der Waals surface area contributed by atoms with Crippen LogP contribution in [0.25, 0.3) is 0 Å². The van der Waals surface area contributed by atoms with E-state index in [-0.39, 0.29) is 35.9 Å². The number of nitrogens with one attached hydrogen (secondary N) is 7. The first-order chi connectivity index (χ1) is 26.4. The first-order valence-corrected chi connectivity index (χ1v) is 20.0. The number of ketones is 1. The molecule has 0 aliphatic carbocycles. The molecule has 57 heavy (non-hydrogen) atoms. The average molecular weight is 813 g/mol. The molecule has 328 valence electrons. The van der Waals surface area contributed by atoms with Gasteiger partial charge in [0.05, 0.1) is 30.8 Å². The second-order valence-electron chi connectivity index (χ2n) is 16.3. The molecule has 0 aliphatic rings. The first kappa shape index (κ1) is 52.8. The number of aliphatic hydroxyl groups excluding tert-OH is 2. The molecule has 0 saturated heterocycles. The van der Waals surface area contributed by atoms with E-state index in [0.29, 0.717) is 38.5 Å². The van der Waals surface area contributed by atoms with Crippen LogP contribution in [0.2, 0.25) is 0 Å². The maximum Gasteiger partial charge on any atom is 0.245 e. The zero-order valence-corrected chi connectivity index (χ0v) is 35.8. The van der Waals surface area contributed by atoms with Crippen LogP contribution in [0.4, 0.5) is 0 Å². The SMILES string of the molecule is CNC(CC(C)C)C(=O)NC(C(=O)NC(C(=O)NCC(=O)NC(CC(C)C)C(=O)CCCCC(C)C(=O)NC(C)C(=O)NC(CC(C)C)C(N)=O)C(C)O)C(C)O. The number of hydrogen-bond acceptors (Lipinski definition) is 11. The van der Waals surface area contributed by atoms with Crippen LogP contribution in [0.5, 0.6) is 0 Å². The van der Waals surface area contributed by atoms with E-state index in [4.69, 9.17) is 5.73 Å². The highest BCUT2D eigenvalue weighted by Gasteiger charge is 2.34. The van der Waals surface area contributed by atoms with Crippen molar-refractivity contribution in [2.24, 2.45) is 29.4 Å². The summed E-state index contributed by atoms with van der Waals surface area (Å²) in [5, 5.41) is 38.5. The summed E-state index contributed by atoms with van der Waals surface area (Å²) >= 11 is 0. The molecule has 0 aliphatic heterocycles. The largest absolute Gasteiger partial charge is 0.391 e. The molecule has 18 heteroatoms. The number of hydrogen-bond donors (Lipinski definition) is 10. The lowest BCUT2D eigenvalue weighted by molar-refractivity contribution is -0.137. The van der Waals surface area contributed by atoms with Gasteiger partial charge in [0, 0.05) is 12.3 Å². The van der Waals surface area contributed by atoms with Gasteiger partial charge in [0.15, 0.2) is 5.78 Å². The van der Waals surface area contributed by atoms with Gasteiger partial charge in [0.25, 0.3) is 0 Å². The highest BCUT2D eigenvalue weighted by molar-refractivity contribution is 5.95. The van der Waals surface area contributed by atoms with Gasteiger partial charge in [0.1, 0.15) is 24.2 Å². The number of primary amides is 1. The Morgan fingerprint density at radius 1 is 0.544 bits per heavy atom. The molecule has 0 aromatic rings. The number of rotatable bonds is 28. The predicted octanol–water partition coefficient (Wildman–Crippen LogP) is -0.715. The zero-order valence-electron chi connectivity index (χ0n) is 35.8. The highest BCUT2D eigenvalue weighted by atomic mass is 16.3. The fourth-order valence-corrected chi connectivity index (χ4v) is 5.89. The maximum atomic E-state index is 13.2. The molecule has 0 radical (unpaired) electrons. The molecule has 0 aromatic carbocycles. The lowest BCUT2D eigenvalue weighted by atomic mass is 9.95. The van der Waals surface area contributed by atoms with E-state index in [2.05, 4.69) is 37.2 Å². The van der Waals surface area contributed by atoms with E-state index in [1.54, 1.807) is 14.0 Å². The summed E-state index contributed by atoms with van der Waals surface area (Å²) in [4.78, 5) is 102. The molecule has 0 fully saturated rings. The Labute approximate surface area is 338 Å². The smallest absolute Gasteiger partial charge is 0.245 e. The van der Waals surface area contributed by atoms with Gasteiger partial charge in [0.2, 0.25) is 41.4 Å². The van der Waals surface area contributed by atoms with Crippen molar-refractivity contribution in [1.29, 1.82) is 0 Å². The van der Waals surface area contributed by atoms with Crippen molar-refractivity contribution in [2.45, 2.75) is 163 Å². The van der Waals surface area contributed by atoms with E-state index >= 15 is 0 Å². The number of aliphatic hydroxyl groups is 2. The minimum atomic E-state index is -1.54. The van der Waals surface area contributed by atoms with Crippen LogP contribution in [0.15, 0.2) is 0 Å². The summed E-state index contributed by atoms with van der Waals surface area (Å²) in [6.45, 7) is 16.6. The van der Waals surface area contributed by atoms with Crippen molar-refractivity contribution >= 4 is 47.1 Å². The summed E-state index contributed by atoms with van der Waals surface area (Å²) in [7, 11) is 1.59. The molecule has 0 heterocycles. The number of likely N-dealkylation sites (N-methyl/N-ethyl adjacent to an activating group) is 1. The molecule has 0 bridgehead atoms. The maximum absolute atomic E-state index is 13.2. The third kappa shape index (κ3) is 21.3. The van der Waals surface area contributed by atoms with Gasteiger partial charge in [-0.05, 0) is 77.7 Å². The number of carbonyl (C=O) groups is 8. The monoisotopic (exact) mass is 813 g/mol. The van der Waals surface area contributed by atoms with E-state index in [0.717, 1.165) is 0 Å². The number of amides is 7. The molecular weight excluding hydrogens is 740 g/mol. The van der Waals surface area contributed by atoms with Gasteiger partial charge < -0.3 is 53.2 Å². The van der Waals surface area contributed by atoms with Crippen molar-refractivity contribution in [3.8, 4) is 0 Å². The fraction of sp³-hybridized carbons (Fsp3) is 0.795. The van der Waals surface area contributed by atoms with Crippen LogP contribution < -0.4 is 43.0 Å². The molecule has 0 saturated carbocycles. The Morgan fingerprint density at radius 2 is 1.04 bits per heavy atom. The van der Waals surface area contributed by atoms with Crippen LogP contribution >= 0.6 is 0 Å². The minimum Gasteiger partial charge on any atom is -0.391 e. The van der Waals surface area contributed by atoms with Gasteiger partial charge in [-0.15, -0.1) is 0 Å². The first-order valence-electron chi connectivity index (χ1n) is 20.0. The average Bonchev–Trinajstić information content (AvgIpc) is 3.10. The zero-order chi connectivity index (χ0) is 44.2. The third-order valence-electron chi connectivity index (χ3n) is 9.23. The van der Waals surface area contributed by atoms with Crippen LogP contribution in [0, 0.1) is 23.7 Å². The Kier molecular flexibility index (Phi) is 24.8. The topological polar surface area (TPSA) is 287 Å². The third-order valence-corrected chi connectivity index (χ3v) is 9.23. The van der Waals surface area contributed by atoms with Crippen molar-refractivity contribution in [3.63, 3.8) is 0 Å². The quantitative estimate of drug-likeness (QED) is 0.0441. The Bertz CT molecular complexity index is 1340. The van der Waals surface area contributed by atoms with E-state index in [1.807, 2.05) is 41.5 Å². The lowest BCUT2D eigenvalue weighted by Crippen LogP contribution is -2.61. The van der Waals surface area contributed by atoms with Gasteiger partial charge in [-0.25, -0.2) is 0 Å². The van der Waals surface area contributed by atoms with Crippen LogP contribution in [-0.2, 0) is 38.4 Å². The molecule has 7 amide bonds. The van der Waals surface area contributed by atoms with Crippen LogP contribution in [-0.4, -0.2) is 119 Å². The molecular formula is C39H72N8O10. The molecule has 11 N–H and O–H groups in total. The highest BCUT2D eigenvalue weighted by Crippen LogP contribution is 2.14. The fourth-order valence-electron chi connectivity index (χ4n) is 5.89. The van der Waals surface area contributed by atoms with Crippen LogP contribution in [0.1, 0.15) is 114 Å².